The fourth-order valence-electron chi connectivity index (χ4n) is 2.48. The smallest absolute Gasteiger partial charge is 0.336 e. The van der Waals surface area contributed by atoms with Crippen LogP contribution in [0.15, 0.2) is 93.1 Å². The summed E-state index contributed by atoms with van der Waals surface area (Å²) < 4.78 is 25.6. The molecule has 0 aliphatic carbocycles. The van der Waals surface area contributed by atoms with E-state index < -0.39 is 30.2 Å². The Kier molecular flexibility index (Phi) is 10.3. The zero-order chi connectivity index (χ0) is 27.4. The van der Waals surface area contributed by atoms with E-state index in [-0.39, 0.29) is 28.7 Å². The van der Waals surface area contributed by atoms with E-state index in [0.29, 0.717) is 5.56 Å². The second-order valence-corrected chi connectivity index (χ2v) is 6.72. The number of hydrogen-bond donors (Lipinski definition) is 1. The predicted octanol–water partition coefficient (Wildman–Crippen LogP) is 3.46. The molecule has 10 heteroatoms. The van der Waals surface area contributed by atoms with Gasteiger partial charge >= 0.3 is 23.9 Å². The Morgan fingerprint density at radius 1 is 0.676 bits per heavy atom. The Morgan fingerprint density at radius 3 is 1.76 bits per heavy atom. The van der Waals surface area contributed by atoms with Crippen LogP contribution in [0.25, 0.3) is 6.08 Å². The van der Waals surface area contributed by atoms with Crippen LogP contribution in [0, 0.1) is 0 Å². The summed E-state index contributed by atoms with van der Waals surface area (Å²) in [6, 6.07) is 7.99. The molecule has 0 aliphatic rings. The Hall–Kier alpha value is -5.22. The summed E-state index contributed by atoms with van der Waals surface area (Å²) in [5.41, 5.74) is 0.383. The van der Waals surface area contributed by atoms with Crippen molar-refractivity contribution in [1.29, 1.82) is 0 Å². The van der Waals surface area contributed by atoms with Gasteiger partial charge in [-0.2, -0.15) is 0 Å². The van der Waals surface area contributed by atoms with Crippen molar-refractivity contribution in [2.45, 2.75) is 6.29 Å². The molecule has 0 radical (unpaired) electrons. The van der Waals surface area contributed by atoms with Crippen LogP contribution in [0.4, 0.5) is 0 Å². The average molecular weight is 506 g/mol. The molecule has 0 saturated heterocycles. The van der Waals surface area contributed by atoms with Crippen molar-refractivity contribution in [3.05, 3.63) is 98.7 Å². The number of aliphatic hydroxyl groups is 1. The number of benzene rings is 2. The number of carbonyl (C=O) groups is 4. The van der Waals surface area contributed by atoms with E-state index in [1.165, 1.54) is 42.5 Å². The molecule has 190 valence electrons. The highest BCUT2D eigenvalue weighted by molar-refractivity contribution is 5.90. The number of hydrogen-bond acceptors (Lipinski definition) is 10. The van der Waals surface area contributed by atoms with Crippen molar-refractivity contribution in [3.63, 3.8) is 0 Å². The lowest BCUT2D eigenvalue weighted by Crippen LogP contribution is -2.12. The number of rotatable bonds is 12. The molecule has 2 rings (SSSR count). The third-order valence-corrected chi connectivity index (χ3v) is 4.05. The molecule has 0 heterocycles. The highest BCUT2D eigenvalue weighted by Gasteiger charge is 2.13. The summed E-state index contributed by atoms with van der Waals surface area (Å²) in [5, 5.41) is 9.64. The van der Waals surface area contributed by atoms with Crippen LogP contribution >= 0.6 is 0 Å². The summed E-state index contributed by atoms with van der Waals surface area (Å²) in [6.45, 7) is 13.3. The van der Waals surface area contributed by atoms with Crippen molar-refractivity contribution in [3.8, 4) is 28.7 Å². The van der Waals surface area contributed by atoms with Crippen LogP contribution in [-0.4, -0.2) is 35.3 Å². The van der Waals surface area contributed by atoms with Crippen molar-refractivity contribution < 1.29 is 48.0 Å². The van der Waals surface area contributed by atoms with E-state index in [1.807, 2.05) is 0 Å². The van der Waals surface area contributed by atoms with E-state index in [0.717, 1.165) is 30.4 Å². The molecule has 0 fully saturated rings. The van der Waals surface area contributed by atoms with Crippen molar-refractivity contribution in [1.82, 2.24) is 0 Å². The minimum Gasteiger partial charge on any atom is -0.461 e. The molecule has 0 unspecified atom stereocenters. The maximum Gasteiger partial charge on any atom is 0.336 e. The zero-order valence-corrected chi connectivity index (χ0v) is 19.5. The van der Waals surface area contributed by atoms with Crippen LogP contribution in [0.1, 0.15) is 5.56 Å². The second kappa shape index (κ2) is 13.6. The second-order valence-electron chi connectivity index (χ2n) is 6.72. The third kappa shape index (κ3) is 9.15. The molecule has 0 aliphatic heterocycles. The van der Waals surface area contributed by atoms with Gasteiger partial charge in [0.1, 0.15) is 17.2 Å². The molecule has 2 aromatic carbocycles. The molecule has 0 aromatic heterocycles. The SMILES string of the molecule is C=CC(=O)Oc1cc(OC(=O)/C=C/c2ccc(OC(=O)C=C)c(OC(=O)C=C)c2)cc(O[C@H](O)C=C)c1. The summed E-state index contributed by atoms with van der Waals surface area (Å²) in [5.74, 6) is -3.42. The monoisotopic (exact) mass is 506 g/mol. The van der Waals surface area contributed by atoms with E-state index in [2.05, 4.69) is 26.3 Å². The van der Waals surface area contributed by atoms with Gasteiger partial charge in [0.15, 0.2) is 11.5 Å². The van der Waals surface area contributed by atoms with Gasteiger partial charge in [-0.15, -0.1) is 0 Å². The van der Waals surface area contributed by atoms with Gasteiger partial charge in [0.25, 0.3) is 0 Å². The van der Waals surface area contributed by atoms with Crippen LogP contribution in [0.5, 0.6) is 28.7 Å². The van der Waals surface area contributed by atoms with E-state index in [9.17, 15) is 24.3 Å². The fourth-order valence-corrected chi connectivity index (χ4v) is 2.48. The van der Waals surface area contributed by atoms with Gasteiger partial charge in [-0.3, -0.25) is 0 Å². The molecular weight excluding hydrogens is 484 g/mol. The van der Waals surface area contributed by atoms with Crippen LogP contribution in [0.3, 0.4) is 0 Å². The number of carbonyl (C=O) groups excluding carboxylic acids is 4. The average Bonchev–Trinajstić information content (AvgIpc) is 2.88. The topological polar surface area (TPSA) is 135 Å². The standard InChI is InChI=1S/C27H22O10/c1-5-23(28)33-18-14-19(34-24(29)6-2)16-20(15-18)35-27(32)12-10-17-9-11-21(36-25(30)7-3)22(13-17)37-26(31)8-4/h5-16,23,28H,1-4H2/b12-10+/t23-/m0/s1. The molecule has 10 nitrogen and oxygen atoms in total. The molecule has 0 spiro atoms. The summed E-state index contributed by atoms with van der Waals surface area (Å²) >= 11 is 0. The van der Waals surface area contributed by atoms with Gasteiger partial charge in [-0.25, -0.2) is 19.2 Å². The van der Waals surface area contributed by atoms with Crippen molar-refractivity contribution in [2.75, 3.05) is 0 Å². The minimum atomic E-state index is -1.37. The summed E-state index contributed by atoms with van der Waals surface area (Å²) in [4.78, 5) is 47.1. The van der Waals surface area contributed by atoms with Gasteiger partial charge in [0.05, 0.1) is 0 Å². The number of aliphatic hydroxyl groups excluding tert-OH is 1. The summed E-state index contributed by atoms with van der Waals surface area (Å²) in [6.07, 6.45) is 4.94. The van der Waals surface area contributed by atoms with Gasteiger partial charge in [0, 0.05) is 42.5 Å². The predicted molar refractivity (Wildman–Crippen MR) is 132 cm³/mol. The fraction of sp³-hybridized carbons (Fsp3) is 0.0370. The van der Waals surface area contributed by atoms with E-state index in [1.54, 1.807) is 0 Å². The maximum atomic E-state index is 12.4. The van der Waals surface area contributed by atoms with E-state index >= 15 is 0 Å². The molecule has 0 saturated carbocycles. The molecule has 1 N–H and O–H groups in total. The Labute approximate surface area is 212 Å². The Morgan fingerprint density at radius 2 is 1.19 bits per heavy atom. The van der Waals surface area contributed by atoms with Crippen LogP contribution in [0.2, 0.25) is 0 Å². The third-order valence-electron chi connectivity index (χ3n) is 4.05. The highest BCUT2D eigenvalue weighted by Crippen LogP contribution is 2.31. The Bertz CT molecular complexity index is 1270. The van der Waals surface area contributed by atoms with Crippen molar-refractivity contribution >= 4 is 30.0 Å². The Balaban J connectivity index is 2.26. The van der Waals surface area contributed by atoms with Gasteiger partial charge in [-0.05, 0) is 29.8 Å². The van der Waals surface area contributed by atoms with Crippen LogP contribution < -0.4 is 23.7 Å². The number of ether oxygens (including phenoxy) is 5. The quantitative estimate of drug-likeness (QED) is 0.150. The van der Waals surface area contributed by atoms with Gasteiger partial charge in [-0.1, -0.05) is 32.4 Å². The maximum absolute atomic E-state index is 12.4. The van der Waals surface area contributed by atoms with Crippen molar-refractivity contribution in [2.24, 2.45) is 0 Å². The molecule has 0 bridgehead atoms. The first-order valence-corrected chi connectivity index (χ1v) is 10.4. The van der Waals surface area contributed by atoms with E-state index in [4.69, 9.17) is 23.7 Å². The zero-order valence-electron chi connectivity index (χ0n) is 19.5. The normalized spacial score (nSPS) is 10.9. The largest absolute Gasteiger partial charge is 0.461 e. The highest BCUT2D eigenvalue weighted by atomic mass is 16.6. The number of esters is 4. The molecule has 0 amide bonds. The lowest BCUT2D eigenvalue weighted by molar-refractivity contribution is -0.131. The first-order valence-electron chi connectivity index (χ1n) is 10.4. The molecule has 37 heavy (non-hydrogen) atoms. The molecular formula is C27H22O10. The lowest BCUT2D eigenvalue weighted by atomic mass is 10.2. The summed E-state index contributed by atoms with van der Waals surface area (Å²) in [7, 11) is 0. The van der Waals surface area contributed by atoms with Crippen LogP contribution in [-0.2, 0) is 19.2 Å². The van der Waals surface area contributed by atoms with Gasteiger partial charge in [0.2, 0.25) is 6.29 Å². The first kappa shape index (κ1) is 28.0. The lowest BCUT2D eigenvalue weighted by Gasteiger charge is -2.12. The minimum absolute atomic E-state index is 0.0203. The molecule has 2 aromatic rings. The van der Waals surface area contributed by atoms with Gasteiger partial charge < -0.3 is 28.8 Å². The first-order chi connectivity index (χ1) is 17.7. The molecule has 1 atom stereocenters.